The highest BCUT2D eigenvalue weighted by Crippen LogP contribution is 2.41. The predicted octanol–water partition coefficient (Wildman–Crippen LogP) is 3.20. The highest BCUT2D eigenvalue weighted by Gasteiger charge is 2.35. The van der Waals surface area contributed by atoms with Gasteiger partial charge in [-0.1, -0.05) is 49.6 Å². The van der Waals surface area contributed by atoms with Gasteiger partial charge in [0, 0.05) is 12.0 Å². The molecule has 0 unspecified atom stereocenters. The van der Waals surface area contributed by atoms with Crippen LogP contribution in [0.1, 0.15) is 50.5 Å². The van der Waals surface area contributed by atoms with E-state index >= 15 is 0 Å². The first-order valence-electron chi connectivity index (χ1n) is 8.38. The van der Waals surface area contributed by atoms with Gasteiger partial charge in [0.2, 0.25) is 0 Å². The average Bonchev–Trinajstić information content (AvgIpc) is 2.95. The lowest BCUT2D eigenvalue weighted by atomic mass is 9.79. The van der Waals surface area contributed by atoms with Gasteiger partial charge in [-0.3, -0.25) is 4.99 Å². The summed E-state index contributed by atoms with van der Waals surface area (Å²) >= 11 is 0. The topological polar surface area (TPSA) is 50.4 Å². The van der Waals surface area contributed by atoms with Crippen molar-refractivity contribution in [3.05, 3.63) is 35.9 Å². The number of aliphatic imine (C=N–C) groups is 1. The van der Waals surface area contributed by atoms with Crippen LogP contribution in [0.5, 0.6) is 0 Å². The standard InChI is InChI=1S/C18H27N3/c19-17(20-13-15-7-6-8-15)21-14-18(11-4-5-12-18)16-9-2-1-3-10-16/h1-3,9-10,15H,4-8,11-14H2,(H3,19,20,21). The fourth-order valence-corrected chi connectivity index (χ4v) is 3.62. The predicted molar refractivity (Wildman–Crippen MR) is 88.4 cm³/mol. The summed E-state index contributed by atoms with van der Waals surface area (Å²) in [5.41, 5.74) is 7.70. The molecule has 3 nitrogen and oxygen atoms in total. The van der Waals surface area contributed by atoms with Crippen molar-refractivity contribution < 1.29 is 0 Å². The second-order valence-corrected chi connectivity index (χ2v) is 6.73. The molecule has 2 saturated carbocycles. The van der Waals surface area contributed by atoms with E-state index < -0.39 is 0 Å². The number of nitrogens with two attached hydrogens (primary N) is 1. The molecule has 2 fully saturated rings. The lowest BCUT2D eigenvalue weighted by molar-refractivity contribution is 0.315. The molecule has 3 rings (SSSR count). The van der Waals surface area contributed by atoms with E-state index in [1.54, 1.807) is 0 Å². The minimum Gasteiger partial charge on any atom is -0.370 e. The van der Waals surface area contributed by atoms with Crippen LogP contribution in [-0.2, 0) is 5.41 Å². The molecule has 0 amide bonds. The van der Waals surface area contributed by atoms with Crippen molar-refractivity contribution in [3.8, 4) is 0 Å². The van der Waals surface area contributed by atoms with E-state index in [4.69, 9.17) is 5.73 Å². The second kappa shape index (κ2) is 6.50. The number of nitrogens with one attached hydrogen (secondary N) is 1. The van der Waals surface area contributed by atoms with Crippen molar-refractivity contribution in [2.75, 3.05) is 13.1 Å². The zero-order valence-electron chi connectivity index (χ0n) is 12.9. The van der Waals surface area contributed by atoms with Crippen molar-refractivity contribution in [3.63, 3.8) is 0 Å². The molecule has 1 aromatic carbocycles. The van der Waals surface area contributed by atoms with Crippen molar-refractivity contribution in [2.45, 2.75) is 50.4 Å². The number of nitrogens with zero attached hydrogens (tertiary/aromatic N) is 1. The van der Waals surface area contributed by atoms with Crippen molar-refractivity contribution in [2.24, 2.45) is 16.6 Å². The normalized spacial score (nSPS) is 22.0. The summed E-state index contributed by atoms with van der Waals surface area (Å²) in [6, 6.07) is 10.9. The molecule has 0 radical (unpaired) electrons. The van der Waals surface area contributed by atoms with E-state index in [0.29, 0.717) is 5.96 Å². The lowest BCUT2D eigenvalue weighted by Gasteiger charge is -2.28. The van der Waals surface area contributed by atoms with Gasteiger partial charge in [0.1, 0.15) is 0 Å². The molecule has 0 saturated heterocycles. The molecule has 1 aromatic rings. The Kier molecular flexibility index (Phi) is 4.47. The Morgan fingerprint density at radius 1 is 1.14 bits per heavy atom. The van der Waals surface area contributed by atoms with E-state index in [2.05, 4.69) is 40.6 Å². The van der Waals surface area contributed by atoms with Gasteiger partial charge in [-0.15, -0.1) is 0 Å². The fourth-order valence-electron chi connectivity index (χ4n) is 3.62. The number of benzene rings is 1. The third-order valence-corrected chi connectivity index (χ3v) is 5.30. The Hall–Kier alpha value is -1.51. The molecule has 0 aliphatic heterocycles. The maximum Gasteiger partial charge on any atom is 0.188 e. The van der Waals surface area contributed by atoms with Crippen LogP contribution in [-0.4, -0.2) is 19.0 Å². The number of guanidine groups is 1. The monoisotopic (exact) mass is 285 g/mol. The van der Waals surface area contributed by atoms with Crippen LogP contribution in [0.25, 0.3) is 0 Å². The zero-order chi connectivity index (χ0) is 14.5. The number of hydrogen-bond donors (Lipinski definition) is 2. The Morgan fingerprint density at radius 2 is 1.86 bits per heavy atom. The minimum atomic E-state index is 0.212. The Morgan fingerprint density at radius 3 is 2.48 bits per heavy atom. The van der Waals surface area contributed by atoms with Gasteiger partial charge < -0.3 is 11.1 Å². The second-order valence-electron chi connectivity index (χ2n) is 6.73. The first-order chi connectivity index (χ1) is 10.3. The summed E-state index contributed by atoms with van der Waals surface area (Å²) in [5.74, 6) is 1.44. The molecule has 2 aliphatic rings. The quantitative estimate of drug-likeness (QED) is 0.645. The molecule has 3 heteroatoms. The number of hydrogen-bond acceptors (Lipinski definition) is 1. The molecule has 0 aromatic heterocycles. The van der Waals surface area contributed by atoms with Crippen LogP contribution >= 0.6 is 0 Å². The molecule has 114 valence electrons. The van der Waals surface area contributed by atoms with E-state index in [9.17, 15) is 0 Å². The Balaban J connectivity index is 1.62. The summed E-state index contributed by atoms with van der Waals surface area (Å²) in [6.07, 6.45) is 9.13. The third kappa shape index (κ3) is 3.39. The number of rotatable bonds is 5. The van der Waals surface area contributed by atoms with Crippen molar-refractivity contribution >= 4 is 5.96 Å². The van der Waals surface area contributed by atoms with E-state index in [0.717, 1.165) is 19.0 Å². The van der Waals surface area contributed by atoms with Crippen LogP contribution in [0.2, 0.25) is 0 Å². The first-order valence-corrected chi connectivity index (χ1v) is 8.38. The molecule has 0 spiro atoms. The van der Waals surface area contributed by atoms with Crippen LogP contribution < -0.4 is 11.1 Å². The lowest BCUT2D eigenvalue weighted by Crippen LogP contribution is -2.38. The van der Waals surface area contributed by atoms with Gasteiger partial charge in [-0.2, -0.15) is 0 Å². The van der Waals surface area contributed by atoms with E-state index in [1.165, 1.54) is 50.5 Å². The molecule has 0 bridgehead atoms. The zero-order valence-corrected chi connectivity index (χ0v) is 12.9. The first kappa shape index (κ1) is 14.4. The van der Waals surface area contributed by atoms with Gasteiger partial charge in [0.05, 0.1) is 6.54 Å². The molecular weight excluding hydrogens is 258 g/mol. The third-order valence-electron chi connectivity index (χ3n) is 5.30. The molecule has 21 heavy (non-hydrogen) atoms. The van der Waals surface area contributed by atoms with Crippen LogP contribution in [0.4, 0.5) is 0 Å². The van der Waals surface area contributed by atoms with Crippen molar-refractivity contribution in [1.82, 2.24) is 5.32 Å². The average molecular weight is 285 g/mol. The summed E-state index contributed by atoms with van der Waals surface area (Å²) < 4.78 is 0. The van der Waals surface area contributed by atoms with E-state index in [1.807, 2.05) is 0 Å². The Bertz CT molecular complexity index is 470. The molecule has 0 atom stereocenters. The van der Waals surface area contributed by atoms with E-state index in [-0.39, 0.29) is 5.41 Å². The van der Waals surface area contributed by atoms with Gasteiger partial charge in [-0.25, -0.2) is 0 Å². The van der Waals surface area contributed by atoms with Crippen LogP contribution in [0.3, 0.4) is 0 Å². The van der Waals surface area contributed by atoms with Crippen molar-refractivity contribution in [1.29, 1.82) is 0 Å². The van der Waals surface area contributed by atoms with Gasteiger partial charge >= 0.3 is 0 Å². The molecule has 3 N–H and O–H groups in total. The minimum absolute atomic E-state index is 0.212. The molecule has 2 aliphatic carbocycles. The summed E-state index contributed by atoms with van der Waals surface area (Å²) in [7, 11) is 0. The van der Waals surface area contributed by atoms with Crippen LogP contribution in [0, 0.1) is 5.92 Å². The maximum absolute atomic E-state index is 6.05. The SMILES string of the molecule is NC(=NCC1(c2ccccc2)CCCC1)NCC1CCC1. The molecular formula is C18H27N3. The van der Waals surface area contributed by atoms with Gasteiger partial charge in [0.15, 0.2) is 5.96 Å². The van der Waals surface area contributed by atoms with Crippen LogP contribution in [0.15, 0.2) is 35.3 Å². The largest absolute Gasteiger partial charge is 0.370 e. The summed E-state index contributed by atoms with van der Waals surface area (Å²) in [4.78, 5) is 4.67. The molecule has 0 heterocycles. The fraction of sp³-hybridized carbons (Fsp3) is 0.611. The maximum atomic E-state index is 6.05. The Labute approximate surface area is 128 Å². The highest BCUT2D eigenvalue weighted by molar-refractivity contribution is 5.77. The smallest absolute Gasteiger partial charge is 0.188 e. The van der Waals surface area contributed by atoms with Gasteiger partial charge in [0.25, 0.3) is 0 Å². The van der Waals surface area contributed by atoms with Gasteiger partial charge in [-0.05, 0) is 37.2 Å². The highest BCUT2D eigenvalue weighted by atomic mass is 15.1. The summed E-state index contributed by atoms with van der Waals surface area (Å²) in [6.45, 7) is 1.81. The summed E-state index contributed by atoms with van der Waals surface area (Å²) in [5, 5.41) is 3.30.